The predicted molar refractivity (Wildman–Crippen MR) is 111 cm³/mol. The molecule has 0 spiro atoms. The fraction of sp³-hybridized carbons (Fsp3) is 0.381. The van der Waals surface area contributed by atoms with E-state index in [-0.39, 0.29) is 0 Å². The molecule has 0 bridgehead atoms. The van der Waals surface area contributed by atoms with E-state index < -0.39 is 0 Å². The van der Waals surface area contributed by atoms with Gasteiger partial charge in [-0.3, -0.25) is 4.68 Å². The quantitative estimate of drug-likeness (QED) is 0.356. The zero-order valence-corrected chi connectivity index (χ0v) is 16.8. The fourth-order valence-electron chi connectivity index (χ4n) is 2.93. The Hall–Kier alpha value is -3.09. The van der Waals surface area contributed by atoms with Gasteiger partial charge in [-0.1, -0.05) is 18.2 Å². The number of nitrogens with zero attached hydrogens (tertiary/aromatic N) is 4. The molecule has 0 radical (unpaired) electrons. The van der Waals surface area contributed by atoms with Gasteiger partial charge < -0.3 is 15.1 Å². The lowest BCUT2D eigenvalue weighted by Crippen LogP contribution is -2.38. The molecule has 7 nitrogen and oxygen atoms in total. The van der Waals surface area contributed by atoms with Crippen LogP contribution in [-0.4, -0.2) is 33.8 Å². The van der Waals surface area contributed by atoms with Gasteiger partial charge in [-0.2, -0.15) is 5.10 Å². The summed E-state index contributed by atoms with van der Waals surface area (Å²) < 4.78 is 7.62. The highest BCUT2D eigenvalue weighted by molar-refractivity contribution is 5.79. The Labute approximate surface area is 165 Å². The van der Waals surface area contributed by atoms with Gasteiger partial charge in [0.25, 0.3) is 0 Å². The summed E-state index contributed by atoms with van der Waals surface area (Å²) in [7, 11) is 0. The maximum absolute atomic E-state index is 5.57. The Kier molecular flexibility index (Phi) is 6.84. The third-order valence-electron chi connectivity index (χ3n) is 4.26. The molecular weight excluding hydrogens is 352 g/mol. The van der Waals surface area contributed by atoms with Crippen molar-refractivity contribution < 1.29 is 4.42 Å². The van der Waals surface area contributed by atoms with Crippen molar-refractivity contribution in [3.63, 3.8) is 0 Å². The second-order valence-corrected chi connectivity index (χ2v) is 6.64. The number of aromatic nitrogens is 3. The highest BCUT2D eigenvalue weighted by Gasteiger charge is 2.06. The van der Waals surface area contributed by atoms with Crippen molar-refractivity contribution in [3.05, 3.63) is 59.7 Å². The van der Waals surface area contributed by atoms with E-state index in [2.05, 4.69) is 45.6 Å². The normalized spacial score (nSPS) is 11.6. The minimum absolute atomic E-state index is 0.461. The molecule has 0 aliphatic rings. The third kappa shape index (κ3) is 5.45. The number of nitrogens with one attached hydrogen (secondary N) is 2. The summed E-state index contributed by atoms with van der Waals surface area (Å²) in [4.78, 5) is 9.13. The van der Waals surface area contributed by atoms with E-state index in [9.17, 15) is 0 Å². The average molecular weight is 380 g/mol. The van der Waals surface area contributed by atoms with Gasteiger partial charge >= 0.3 is 0 Å². The molecule has 0 aliphatic heterocycles. The number of benzene rings is 1. The Morgan fingerprint density at radius 3 is 2.71 bits per heavy atom. The van der Waals surface area contributed by atoms with Crippen LogP contribution in [0.1, 0.15) is 30.4 Å². The summed E-state index contributed by atoms with van der Waals surface area (Å²) in [5.41, 5.74) is 4.02. The number of hydrogen-bond donors (Lipinski definition) is 2. The second kappa shape index (κ2) is 9.73. The molecule has 7 heteroatoms. The minimum atomic E-state index is 0.461. The molecule has 2 N–H and O–H groups in total. The molecule has 0 amide bonds. The van der Waals surface area contributed by atoms with Crippen LogP contribution in [0.15, 0.2) is 52.1 Å². The first-order valence-electron chi connectivity index (χ1n) is 9.68. The summed E-state index contributed by atoms with van der Waals surface area (Å²) in [6.07, 6.45) is 2.63. The van der Waals surface area contributed by atoms with Crippen LogP contribution in [0.25, 0.3) is 11.5 Å². The zero-order chi connectivity index (χ0) is 19.8. The number of aliphatic imine (C=N–C) groups is 1. The van der Waals surface area contributed by atoms with Crippen LogP contribution >= 0.6 is 0 Å². The van der Waals surface area contributed by atoms with Crippen LogP contribution in [0.3, 0.4) is 0 Å². The summed E-state index contributed by atoms with van der Waals surface area (Å²) in [5.74, 6) is 1.40. The summed E-state index contributed by atoms with van der Waals surface area (Å²) in [5, 5.41) is 11.1. The van der Waals surface area contributed by atoms with Crippen LogP contribution in [-0.2, 0) is 13.1 Å². The summed E-state index contributed by atoms with van der Waals surface area (Å²) >= 11 is 0. The van der Waals surface area contributed by atoms with Crippen LogP contribution in [0.2, 0.25) is 0 Å². The van der Waals surface area contributed by atoms with Crippen molar-refractivity contribution in [2.75, 3.05) is 13.1 Å². The van der Waals surface area contributed by atoms with Crippen LogP contribution in [0.5, 0.6) is 0 Å². The molecule has 0 unspecified atom stereocenters. The Bertz CT molecular complexity index is 897. The molecular formula is C21H28N6O. The van der Waals surface area contributed by atoms with Crippen molar-refractivity contribution in [2.24, 2.45) is 4.99 Å². The lowest BCUT2D eigenvalue weighted by atomic mass is 10.2. The van der Waals surface area contributed by atoms with Crippen molar-refractivity contribution in [2.45, 2.75) is 40.3 Å². The van der Waals surface area contributed by atoms with Gasteiger partial charge in [-0.15, -0.1) is 0 Å². The van der Waals surface area contributed by atoms with Crippen molar-refractivity contribution in [3.8, 4) is 11.5 Å². The molecule has 0 saturated carbocycles. The smallest absolute Gasteiger partial charge is 0.226 e. The Balaban J connectivity index is 1.51. The van der Waals surface area contributed by atoms with E-state index in [4.69, 9.17) is 4.42 Å². The molecule has 0 aliphatic carbocycles. The molecule has 3 aromatic rings. The van der Waals surface area contributed by atoms with Crippen molar-refractivity contribution in [1.82, 2.24) is 25.4 Å². The number of aryl methyl sites for hydroxylation is 3. The molecule has 3 rings (SSSR count). The molecule has 0 fully saturated rings. The van der Waals surface area contributed by atoms with Crippen LogP contribution in [0, 0.1) is 13.8 Å². The maximum Gasteiger partial charge on any atom is 0.226 e. The van der Waals surface area contributed by atoms with Crippen LogP contribution < -0.4 is 10.6 Å². The number of hydrogen-bond acceptors (Lipinski definition) is 4. The van der Waals surface area contributed by atoms with Gasteiger partial charge in [0, 0.05) is 30.9 Å². The largest absolute Gasteiger partial charge is 0.444 e. The Morgan fingerprint density at radius 2 is 2.00 bits per heavy atom. The first-order chi connectivity index (χ1) is 13.7. The molecule has 2 aromatic heterocycles. The molecule has 0 saturated heterocycles. The number of guanidine groups is 1. The predicted octanol–water partition coefficient (Wildman–Crippen LogP) is 3.30. The van der Waals surface area contributed by atoms with E-state index in [1.165, 1.54) is 5.69 Å². The van der Waals surface area contributed by atoms with E-state index in [0.29, 0.717) is 12.4 Å². The molecule has 2 heterocycles. The first kappa shape index (κ1) is 19.7. The lowest BCUT2D eigenvalue weighted by Gasteiger charge is -2.11. The second-order valence-electron chi connectivity index (χ2n) is 6.64. The van der Waals surface area contributed by atoms with Crippen molar-refractivity contribution >= 4 is 5.96 Å². The number of rotatable bonds is 8. The highest BCUT2D eigenvalue weighted by Crippen LogP contribution is 2.18. The molecule has 0 atom stereocenters. The molecule has 1 aromatic carbocycles. The minimum Gasteiger partial charge on any atom is -0.444 e. The standard InChI is InChI=1S/C21H28N6O/c1-4-22-21(23-11-8-12-27-17(3)13-16(2)26-27)24-14-19-15-28-20(25-19)18-9-6-5-7-10-18/h5-7,9-10,13,15H,4,8,11-12,14H2,1-3H3,(H2,22,23,24). The van der Waals surface area contributed by atoms with Crippen LogP contribution in [0.4, 0.5) is 0 Å². The molecule has 148 valence electrons. The van der Waals surface area contributed by atoms with E-state index in [1.54, 1.807) is 6.26 Å². The highest BCUT2D eigenvalue weighted by atomic mass is 16.3. The van der Waals surface area contributed by atoms with Gasteiger partial charge in [-0.05, 0) is 45.4 Å². The van der Waals surface area contributed by atoms with E-state index in [0.717, 1.165) is 49.0 Å². The summed E-state index contributed by atoms with van der Waals surface area (Å²) in [6.45, 7) is 9.12. The summed E-state index contributed by atoms with van der Waals surface area (Å²) in [6, 6.07) is 12.0. The van der Waals surface area contributed by atoms with Gasteiger partial charge in [0.2, 0.25) is 5.89 Å². The lowest BCUT2D eigenvalue weighted by molar-refractivity contribution is 0.555. The third-order valence-corrected chi connectivity index (χ3v) is 4.26. The Morgan fingerprint density at radius 1 is 1.18 bits per heavy atom. The van der Waals surface area contributed by atoms with E-state index >= 15 is 0 Å². The van der Waals surface area contributed by atoms with Gasteiger partial charge in [0.1, 0.15) is 12.0 Å². The van der Waals surface area contributed by atoms with Crippen molar-refractivity contribution in [1.29, 1.82) is 0 Å². The average Bonchev–Trinajstić information content (AvgIpc) is 3.30. The monoisotopic (exact) mass is 380 g/mol. The van der Waals surface area contributed by atoms with Gasteiger partial charge in [-0.25, -0.2) is 9.98 Å². The van der Waals surface area contributed by atoms with Gasteiger partial charge in [0.05, 0.1) is 12.2 Å². The molecule has 28 heavy (non-hydrogen) atoms. The SMILES string of the molecule is CCNC(=NCc1coc(-c2ccccc2)n1)NCCCn1nc(C)cc1C. The topological polar surface area (TPSA) is 80.3 Å². The first-order valence-corrected chi connectivity index (χ1v) is 9.68. The zero-order valence-electron chi connectivity index (χ0n) is 16.8. The fourth-order valence-corrected chi connectivity index (χ4v) is 2.93. The number of oxazole rings is 1. The van der Waals surface area contributed by atoms with Gasteiger partial charge in [0.15, 0.2) is 5.96 Å². The van der Waals surface area contributed by atoms with E-state index in [1.807, 2.05) is 41.9 Å². The maximum atomic E-state index is 5.57.